The molecule has 0 aliphatic heterocycles. The number of nitro benzene ring substituents is 1. The van der Waals surface area contributed by atoms with Crippen molar-refractivity contribution in [3.63, 3.8) is 0 Å². The number of rotatable bonds is 8. The molecule has 0 aliphatic rings. The third-order valence-corrected chi connectivity index (χ3v) is 6.14. The van der Waals surface area contributed by atoms with Crippen molar-refractivity contribution in [2.75, 3.05) is 6.61 Å². The molecule has 0 radical (unpaired) electrons. The molecule has 0 fully saturated rings. The van der Waals surface area contributed by atoms with E-state index in [2.05, 4.69) is 15.5 Å². The Morgan fingerprint density at radius 2 is 2.16 bits per heavy atom. The maximum Gasteiger partial charge on any atom is 0.282 e. The van der Waals surface area contributed by atoms with Crippen molar-refractivity contribution in [3.8, 4) is 5.75 Å². The summed E-state index contributed by atoms with van der Waals surface area (Å²) in [5.74, 6) is 0.533. The number of carbonyl (C=O) groups is 1. The number of para-hydroxylation sites is 1. The van der Waals surface area contributed by atoms with Crippen molar-refractivity contribution >= 4 is 51.1 Å². The van der Waals surface area contributed by atoms with E-state index < -0.39 is 10.8 Å². The molecular formula is C21H16N4O5S2. The van der Waals surface area contributed by atoms with Gasteiger partial charge in [-0.15, -0.1) is 11.3 Å². The molecule has 1 amide bonds. The summed E-state index contributed by atoms with van der Waals surface area (Å²) in [7, 11) is 0. The molecule has 0 atom stereocenters. The van der Waals surface area contributed by atoms with Crippen molar-refractivity contribution in [3.05, 3.63) is 76.0 Å². The number of fused-ring (bicyclic) bond motifs is 1. The number of nitrogens with zero attached hydrogens (tertiary/aromatic N) is 3. The molecule has 0 bridgehead atoms. The number of amides is 1. The Hall–Kier alpha value is -3.70. The van der Waals surface area contributed by atoms with E-state index in [0.717, 1.165) is 20.3 Å². The first-order valence-electron chi connectivity index (χ1n) is 9.41. The number of ether oxygens (including phenoxy) is 1. The Bertz CT molecular complexity index is 1310. The summed E-state index contributed by atoms with van der Waals surface area (Å²) >= 11 is 2.90. The van der Waals surface area contributed by atoms with Crippen LogP contribution in [0, 0.1) is 10.1 Å². The van der Waals surface area contributed by atoms with E-state index in [9.17, 15) is 14.9 Å². The Balaban J connectivity index is 1.40. The van der Waals surface area contributed by atoms with Crippen LogP contribution in [-0.2, 0) is 0 Å². The van der Waals surface area contributed by atoms with E-state index in [4.69, 9.17) is 9.15 Å². The van der Waals surface area contributed by atoms with Crippen LogP contribution >= 0.6 is 23.1 Å². The third kappa shape index (κ3) is 4.95. The maximum atomic E-state index is 12.2. The summed E-state index contributed by atoms with van der Waals surface area (Å²) in [4.78, 5) is 27.2. The standard InChI is InChI=1S/C21H16N4O5S2/c1-2-29-13-7-9-16-18(11-13)31-21(23-16)32-19-10-8-14(30-19)12-22-24-20(26)15-5-3-4-6-17(15)25(27)28/h3-12H,2H2,1H3,(H,24,26)/b22-12+. The highest BCUT2D eigenvalue weighted by Crippen LogP contribution is 2.36. The minimum absolute atomic E-state index is 0.0753. The van der Waals surface area contributed by atoms with Crippen LogP contribution in [0.25, 0.3) is 10.2 Å². The van der Waals surface area contributed by atoms with Crippen LogP contribution in [0.1, 0.15) is 23.0 Å². The fourth-order valence-electron chi connectivity index (χ4n) is 2.77. The molecule has 4 rings (SSSR count). The number of nitrogens with one attached hydrogen (secondary N) is 1. The van der Waals surface area contributed by atoms with E-state index in [-0.39, 0.29) is 11.3 Å². The van der Waals surface area contributed by atoms with Crippen molar-refractivity contribution in [1.29, 1.82) is 0 Å². The number of benzene rings is 2. The molecular weight excluding hydrogens is 452 g/mol. The van der Waals surface area contributed by atoms with Gasteiger partial charge in [0, 0.05) is 6.07 Å². The molecule has 4 aromatic rings. The van der Waals surface area contributed by atoms with Crippen molar-refractivity contribution in [2.24, 2.45) is 5.10 Å². The van der Waals surface area contributed by atoms with Gasteiger partial charge in [0.25, 0.3) is 11.6 Å². The molecule has 11 heteroatoms. The zero-order valence-corrected chi connectivity index (χ0v) is 18.3. The first kappa shape index (κ1) is 21.5. The number of hydrogen-bond donors (Lipinski definition) is 1. The Kier molecular flexibility index (Phi) is 6.47. The van der Waals surface area contributed by atoms with E-state index in [0.29, 0.717) is 17.5 Å². The predicted octanol–water partition coefficient (Wildman–Crippen LogP) is 5.11. The van der Waals surface area contributed by atoms with Crippen LogP contribution in [0.2, 0.25) is 0 Å². The smallest absolute Gasteiger partial charge is 0.282 e. The zero-order chi connectivity index (χ0) is 22.5. The molecule has 0 saturated heterocycles. The van der Waals surface area contributed by atoms with Gasteiger partial charge in [-0.25, -0.2) is 10.4 Å². The maximum absolute atomic E-state index is 12.2. The second-order valence-corrected chi connectivity index (χ2v) is 8.56. The number of carbonyl (C=O) groups excluding carboxylic acids is 1. The summed E-state index contributed by atoms with van der Waals surface area (Å²) < 4.78 is 13.0. The summed E-state index contributed by atoms with van der Waals surface area (Å²) in [5.41, 5.74) is 2.79. The molecule has 1 N–H and O–H groups in total. The van der Waals surface area contributed by atoms with Gasteiger partial charge in [0.05, 0.1) is 28.0 Å². The summed E-state index contributed by atoms with van der Waals surface area (Å²) in [5, 5.41) is 15.5. The Labute approximate surface area is 190 Å². The quantitative estimate of drug-likeness (QED) is 0.217. The van der Waals surface area contributed by atoms with Crippen molar-refractivity contribution in [2.45, 2.75) is 16.4 Å². The molecule has 162 valence electrons. The fourth-order valence-corrected chi connectivity index (χ4v) is 4.77. The molecule has 32 heavy (non-hydrogen) atoms. The van der Waals surface area contributed by atoms with Gasteiger partial charge in [-0.05, 0) is 55.1 Å². The predicted molar refractivity (Wildman–Crippen MR) is 122 cm³/mol. The van der Waals surface area contributed by atoms with Gasteiger partial charge < -0.3 is 9.15 Å². The Morgan fingerprint density at radius 1 is 1.31 bits per heavy atom. The monoisotopic (exact) mass is 468 g/mol. The SMILES string of the molecule is CCOc1ccc2nc(Sc3ccc(/C=N/NC(=O)c4ccccc4[N+](=O)[O-])o3)sc2c1. The van der Waals surface area contributed by atoms with Crippen LogP contribution < -0.4 is 10.2 Å². The van der Waals surface area contributed by atoms with Gasteiger partial charge in [0.1, 0.15) is 17.1 Å². The van der Waals surface area contributed by atoms with Crippen LogP contribution in [0.4, 0.5) is 5.69 Å². The fraction of sp³-hybridized carbons (Fsp3) is 0.0952. The van der Waals surface area contributed by atoms with E-state index in [1.165, 1.54) is 47.5 Å². The third-order valence-electron chi connectivity index (χ3n) is 4.14. The summed E-state index contributed by atoms with van der Waals surface area (Å²) in [6, 6.07) is 14.9. The lowest BCUT2D eigenvalue weighted by Crippen LogP contribution is -2.18. The molecule has 0 spiro atoms. The lowest BCUT2D eigenvalue weighted by atomic mass is 10.2. The highest BCUT2D eigenvalue weighted by atomic mass is 32.2. The topological polar surface area (TPSA) is 120 Å². The number of hydrogen-bond acceptors (Lipinski definition) is 9. The second kappa shape index (κ2) is 9.62. The van der Waals surface area contributed by atoms with Crippen LogP contribution in [0.15, 0.2) is 73.5 Å². The summed E-state index contributed by atoms with van der Waals surface area (Å²) in [6.07, 6.45) is 1.32. The molecule has 0 aliphatic carbocycles. The Morgan fingerprint density at radius 3 is 2.97 bits per heavy atom. The zero-order valence-electron chi connectivity index (χ0n) is 16.7. The lowest BCUT2D eigenvalue weighted by Gasteiger charge is -2.00. The number of thiazole rings is 1. The molecule has 2 aromatic carbocycles. The number of hydrazone groups is 1. The van der Waals surface area contributed by atoms with Gasteiger partial charge in [-0.3, -0.25) is 14.9 Å². The molecule has 0 saturated carbocycles. The van der Waals surface area contributed by atoms with Gasteiger partial charge >= 0.3 is 0 Å². The van der Waals surface area contributed by atoms with Crippen LogP contribution in [0.3, 0.4) is 0 Å². The molecule has 2 aromatic heterocycles. The minimum atomic E-state index is -0.685. The van der Waals surface area contributed by atoms with Crippen LogP contribution in [-0.4, -0.2) is 28.6 Å². The normalized spacial score (nSPS) is 11.2. The molecule has 9 nitrogen and oxygen atoms in total. The highest BCUT2D eigenvalue weighted by Gasteiger charge is 2.18. The van der Waals surface area contributed by atoms with E-state index in [1.54, 1.807) is 18.2 Å². The van der Waals surface area contributed by atoms with Crippen molar-refractivity contribution < 1.29 is 18.9 Å². The van der Waals surface area contributed by atoms with E-state index >= 15 is 0 Å². The first-order chi connectivity index (χ1) is 15.5. The minimum Gasteiger partial charge on any atom is -0.494 e. The molecule has 2 heterocycles. The lowest BCUT2D eigenvalue weighted by molar-refractivity contribution is -0.385. The highest BCUT2D eigenvalue weighted by molar-refractivity contribution is 8.01. The average molecular weight is 469 g/mol. The molecule has 0 unspecified atom stereocenters. The van der Waals surface area contributed by atoms with Gasteiger partial charge in [0.15, 0.2) is 9.43 Å². The number of aromatic nitrogens is 1. The van der Waals surface area contributed by atoms with Gasteiger partial charge in [-0.1, -0.05) is 12.1 Å². The van der Waals surface area contributed by atoms with Crippen molar-refractivity contribution in [1.82, 2.24) is 10.4 Å². The first-order valence-corrected chi connectivity index (χ1v) is 11.0. The van der Waals surface area contributed by atoms with Gasteiger partial charge in [-0.2, -0.15) is 5.10 Å². The summed E-state index contributed by atoms with van der Waals surface area (Å²) in [6.45, 7) is 2.54. The van der Waals surface area contributed by atoms with E-state index in [1.807, 2.05) is 25.1 Å². The van der Waals surface area contributed by atoms with Crippen LogP contribution in [0.5, 0.6) is 5.75 Å². The number of furan rings is 1. The van der Waals surface area contributed by atoms with Gasteiger partial charge in [0.2, 0.25) is 0 Å². The number of nitro groups is 1. The largest absolute Gasteiger partial charge is 0.494 e. The average Bonchev–Trinajstić information content (AvgIpc) is 3.40. The second-order valence-electron chi connectivity index (χ2n) is 6.27.